The first kappa shape index (κ1) is 33.6. The molecule has 4 saturated carbocycles. The summed E-state index contributed by atoms with van der Waals surface area (Å²) in [6.07, 6.45) is 22.3. The summed E-state index contributed by atoms with van der Waals surface area (Å²) in [5.74, 6) is 5.15. The van der Waals surface area contributed by atoms with Gasteiger partial charge in [-0.15, -0.1) is 0 Å². The van der Waals surface area contributed by atoms with Gasteiger partial charge in [-0.05, 0) is 105 Å². The molecule has 0 spiro atoms. The fraction of sp³-hybridized carbons (Fsp3) is 0.969. The van der Waals surface area contributed by atoms with E-state index in [4.69, 9.17) is 5.11 Å². The highest BCUT2D eigenvalue weighted by Gasteiger charge is 2.59. The van der Waals surface area contributed by atoms with E-state index in [0.717, 1.165) is 55.8 Å². The number of aliphatic hydroxyl groups excluding tert-OH is 1. The van der Waals surface area contributed by atoms with Gasteiger partial charge in [0.2, 0.25) is 0 Å². The molecule has 4 rings (SSSR count). The fourth-order valence-corrected chi connectivity index (χ4v) is 8.67. The lowest BCUT2D eigenvalue weighted by Gasteiger charge is -2.60. The molecule has 0 amide bonds. The fourth-order valence-electron chi connectivity index (χ4n) is 8.67. The molecule has 34 heavy (non-hydrogen) atoms. The summed E-state index contributed by atoms with van der Waals surface area (Å²) in [7, 11) is 1.00. The van der Waals surface area contributed by atoms with E-state index >= 15 is 0 Å². The van der Waals surface area contributed by atoms with Crippen molar-refractivity contribution in [1.82, 2.24) is 0 Å². The van der Waals surface area contributed by atoms with E-state index in [1.807, 2.05) is 41.5 Å². The maximum absolute atomic E-state index is 10.5. The number of hydrogen-bond acceptors (Lipinski definition) is 2. The monoisotopic (exact) mass is 480 g/mol. The summed E-state index contributed by atoms with van der Waals surface area (Å²) in [6.45, 7) is 17.4. The van der Waals surface area contributed by atoms with Gasteiger partial charge >= 0.3 is 0 Å². The SMILES string of the molecule is CC.CC.CC.CC12CCCCC1CCC1C2CCC2(C)C(CCCCCC=O)CCC12.CO. The lowest BCUT2D eigenvalue weighted by Crippen LogP contribution is -2.52. The van der Waals surface area contributed by atoms with Crippen LogP contribution in [-0.4, -0.2) is 18.5 Å². The highest BCUT2D eigenvalue weighted by atomic mass is 16.2. The molecule has 0 aromatic rings. The second kappa shape index (κ2) is 18.0. The summed E-state index contributed by atoms with van der Waals surface area (Å²) in [5.41, 5.74) is 1.33. The van der Waals surface area contributed by atoms with Gasteiger partial charge in [-0.1, -0.05) is 81.1 Å². The van der Waals surface area contributed by atoms with E-state index in [0.29, 0.717) is 10.8 Å². The van der Waals surface area contributed by atoms with Crippen molar-refractivity contribution in [3.63, 3.8) is 0 Å². The van der Waals surface area contributed by atoms with Crippen molar-refractivity contribution in [2.45, 2.75) is 152 Å². The van der Waals surface area contributed by atoms with Crippen LogP contribution in [-0.2, 0) is 4.79 Å². The molecule has 4 fully saturated rings. The molecule has 4 aliphatic carbocycles. The van der Waals surface area contributed by atoms with Gasteiger partial charge in [0.1, 0.15) is 6.29 Å². The topological polar surface area (TPSA) is 37.3 Å². The van der Waals surface area contributed by atoms with Gasteiger partial charge < -0.3 is 9.90 Å². The van der Waals surface area contributed by atoms with Crippen molar-refractivity contribution in [1.29, 1.82) is 0 Å². The van der Waals surface area contributed by atoms with Crippen LogP contribution in [0.5, 0.6) is 0 Å². The number of carbonyl (C=O) groups is 1. The zero-order valence-electron chi connectivity index (χ0n) is 24.9. The maximum atomic E-state index is 10.5. The van der Waals surface area contributed by atoms with Gasteiger partial charge in [0, 0.05) is 13.5 Å². The van der Waals surface area contributed by atoms with Crippen molar-refractivity contribution in [3.8, 4) is 0 Å². The summed E-state index contributed by atoms with van der Waals surface area (Å²) in [4.78, 5) is 10.5. The zero-order valence-corrected chi connectivity index (χ0v) is 24.9. The minimum atomic E-state index is 0.643. The third-order valence-corrected chi connectivity index (χ3v) is 10.2. The van der Waals surface area contributed by atoms with Crippen molar-refractivity contribution in [2.75, 3.05) is 7.11 Å². The van der Waals surface area contributed by atoms with Crippen molar-refractivity contribution < 1.29 is 9.90 Å². The molecule has 2 nitrogen and oxygen atoms in total. The number of fused-ring (bicyclic) bond motifs is 5. The number of aliphatic hydroxyl groups is 1. The van der Waals surface area contributed by atoms with E-state index < -0.39 is 0 Å². The average Bonchev–Trinajstić information content (AvgIpc) is 3.24. The molecule has 204 valence electrons. The van der Waals surface area contributed by atoms with Crippen LogP contribution in [0.2, 0.25) is 0 Å². The van der Waals surface area contributed by atoms with Crippen LogP contribution >= 0.6 is 0 Å². The Morgan fingerprint density at radius 3 is 2.00 bits per heavy atom. The summed E-state index contributed by atoms with van der Waals surface area (Å²) >= 11 is 0. The molecule has 0 heterocycles. The molecule has 0 saturated heterocycles. The van der Waals surface area contributed by atoms with Crippen molar-refractivity contribution in [2.24, 2.45) is 40.4 Å². The van der Waals surface area contributed by atoms with Gasteiger partial charge in [0.25, 0.3) is 0 Å². The molecule has 0 aliphatic heterocycles. The predicted octanol–water partition coefficient (Wildman–Crippen LogP) is 9.87. The first-order chi connectivity index (χ1) is 16.6. The Morgan fingerprint density at radius 1 is 0.706 bits per heavy atom. The van der Waals surface area contributed by atoms with Crippen LogP contribution in [0.3, 0.4) is 0 Å². The molecule has 7 unspecified atom stereocenters. The molecule has 0 aromatic carbocycles. The van der Waals surface area contributed by atoms with Gasteiger partial charge in [0.15, 0.2) is 0 Å². The molecular formula is C32H64O2. The van der Waals surface area contributed by atoms with Crippen LogP contribution in [0.25, 0.3) is 0 Å². The van der Waals surface area contributed by atoms with Crippen molar-refractivity contribution in [3.05, 3.63) is 0 Å². The second-order valence-corrected chi connectivity index (χ2v) is 11.0. The predicted molar refractivity (Wildman–Crippen MR) is 151 cm³/mol. The summed E-state index contributed by atoms with van der Waals surface area (Å²) in [5, 5.41) is 7.00. The van der Waals surface area contributed by atoms with Gasteiger partial charge in [-0.3, -0.25) is 0 Å². The lowest BCUT2D eigenvalue weighted by atomic mass is 9.45. The molecule has 0 bridgehead atoms. The smallest absolute Gasteiger partial charge is 0.119 e. The largest absolute Gasteiger partial charge is 0.400 e. The third kappa shape index (κ3) is 7.57. The normalized spacial score (nSPS) is 37.2. The molecule has 0 aromatic heterocycles. The molecule has 1 N–H and O–H groups in total. The zero-order chi connectivity index (χ0) is 26.2. The molecule has 2 heteroatoms. The Labute approximate surface area is 215 Å². The Kier molecular flexibility index (Phi) is 17.8. The maximum Gasteiger partial charge on any atom is 0.119 e. The average molecular weight is 481 g/mol. The highest BCUT2D eigenvalue weighted by Crippen LogP contribution is 2.67. The van der Waals surface area contributed by atoms with Gasteiger partial charge in [-0.2, -0.15) is 0 Å². The quantitative estimate of drug-likeness (QED) is 0.303. The van der Waals surface area contributed by atoms with Gasteiger partial charge in [0.05, 0.1) is 0 Å². The minimum Gasteiger partial charge on any atom is -0.400 e. The van der Waals surface area contributed by atoms with Crippen LogP contribution < -0.4 is 0 Å². The van der Waals surface area contributed by atoms with E-state index in [9.17, 15) is 4.79 Å². The Balaban J connectivity index is 0.00000124. The van der Waals surface area contributed by atoms with E-state index in [1.165, 1.54) is 70.6 Å². The number of aldehydes is 1. The van der Waals surface area contributed by atoms with Crippen LogP contribution in [0.4, 0.5) is 0 Å². The number of carbonyl (C=O) groups excluding carboxylic acids is 1. The standard InChI is InChI=1S/C25H42O.3C2H6.CH4O/c1-24-16-7-6-10-19(24)11-13-21-22-14-12-20(9-5-3-4-8-18-26)25(22,2)17-15-23(21)24;4*1-2/h18-23H,3-17H2,1-2H3;3*1-2H3;2H,1H3. The molecule has 0 radical (unpaired) electrons. The van der Waals surface area contributed by atoms with Crippen molar-refractivity contribution >= 4 is 6.29 Å². The first-order valence-electron chi connectivity index (χ1n) is 15.5. The number of hydrogen-bond donors (Lipinski definition) is 1. The van der Waals surface area contributed by atoms with Crippen LogP contribution in [0.15, 0.2) is 0 Å². The lowest BCUT2D eigenvalue weighted by molar-refractivity contribution is -0.111. The van der Waals surface area contributed by atoms with E-state index in [1.54, 1.807) is 12.8 Å². The van der Waals surface area contributed by atoms with Gasteiger partial charge in [-0.25, -0.2) is 0 Å². The number of rotatable bonds is 6. The Bertz CT molecular complexity index is 503. The molecule has 4 aliphatic rings. The third-order valence-electron chi connectivity index (χ3n) is 10.2. The van der Waals surface area contributed by atoms with Crippen LogP contribution in [0.1, 0.15) is 152 Å². The molecular weight excluding hydrogens is 416 g/mol. The van der Waals surface area contributed by atoms with E-state index in [-0.39, 0.29) is 0 Å². The second-order valence-electron chi connectivity index (χ2n) is 11.0. The highest BCUT2D eigenvalue weighted by molar-refractivity contribution is 5.48. The van der Waals surface area contributed by atoms with Crippen LogP contribution in [0, 0.1) is 40.4 Å². The molecule has 7 atom stereocenters. The minimum absolute atomic E-state index is 0.643. The number of unbranched alkanes of at least 4 members (excludes halogenated alkanes) is 3. The Hall–Kier alpha value is -0.370. The Morgan fingerprint density at radius 2 is 1.35 bits per heavy atom. The first-order valence-corrected chi connectivity index (χ1v) is 15.5. The van der Waals surface area contributed by atoms with E-state index in [2.05, 4.69) is 13.8 Å². The summed E-state index contributed by atoms with van der Waals surface area (Å²) in [6, 6.07) is 0. The summed E-state index contributed by atoms with van der Waals surface area (Å²) < 4.78 is 0.